The summed E-state index contributed by atoms with van der Waals surface area (Å²) in [6.07, 6.45) is -1.76. The van der Waals surface area contributed by atoms with Crippen LogP contribution in [0.1, 0.15) is 40.5 Å². The first-order valence-electron chi connectivity index (χ1n) is 7.08. The molecule has 2 N–H and O–H groups in total. The van der Waals surface area contributed by atoms with Gasteiger partial charge in [0.1, 0.15) is 5.60 Å². The van der Waals surface area contributed by atoms with Crippen molar-refractivity contribution in [3.8, 4) is 0 Å². The van der Waals surface area contributed by atoms with Crippen LogP contribution < -0.4 is 5.73 Å². The fraction of sp³-hybridized carbons (Fsp3) is 0.929. The van der Waals surface area contributed by atoms with Gasteiger partial charge in [-0.15, -0.1) is 0 Å². The van der Waals surface area contributed by atoms with E-state index in [0.29, 0.717) is 6.54 Å². The lowest BCUT2D eigenvalue weighted by Gasteiger charge is -2.40. The number of hydrogen-bond acceptors (Lipinski definition) is 3. The molecule has 4 nitrogen and oxygen atoms in total. The van der Waals surface area contributed by atoms with E-state index in [9.17, 15) is 13.6 Å². The van der Waals surface area contributed by atoms with Gasteiger partial charge in [0.15, 0.2) is 0 Å². The first-order chi connectivity index (χ1) is 9.01. The van der Waals surface area contributed by atoms with Crippen LogP contribution in [-0.2, 0) is 4.74 Å². The number of alkyl halides is 2. The van der Waals surface area contributed by atoms with Gasteiger partial charge in [0, 0.05) is 12.6 Å². The van der Waals surface area contributed by atoms with Crippen molar-refractivity contribution in [3.63, 3.8) is 0 Å². The Morgan fingerprint density at radius 2 is 2.00 bits per heavy atom. The number of hydrogen-bond donors (Lipinski definition) is 1. The SMILES string of the molecule is CC(C)(C)OC(=O)N1C[C@@H]2C[C@H]1C2CC(C)(N)C(F)F. The van der Waals surface area contributed by atoms with E-state index in [0.717, 1.165) is 6.42 Å². The molecular weight excluding hydrogens is 266 g/mol. The van der Waals surface area contributed by atoms with Gasteiger partial charge in [0.25, 0.3) is 6.43 Å². The number of fused-ring (bicyclic) bond motifs is 1. The molecule has 20 heavy (non-hydrogen) atoms. The predicted octanol–water partition coefficient (Wildman–Crippen LogP) is 2.61. The third-order valence-corrected chi connectivity index (χ3v) is 4.28. The molecule has 116 valence electrons. The Labute approximate surface area is 118 Å². The van der Waals surface area contributed by atoms with E-state index in [1.807, 2.05) is 20.8 Å². The highest BCUT2D eigenvalue weighted by Gasteiger charge is 2.56. The van der Waals surface area contributed by atoms with Crippen LogP contribution in [0.25, 0.3) is 0 Å². The average molecular weight is 290 g/mol. The van der Waals surface area contributed by atoms with Crippen LogP contribution in [-0.4, -0.2) is 41.1 Å². The number of nitrogens with two attached hydrogens (primary N) is 1. The summed E-state index contributed by atoms with van der Waals surface area (Å²) in [5.41, 5.74) is 3.64. The summed E-state index contributed by atoms with van der Waals surface area (Å²) in [6, 6.07) is 0.0106. The molecular formula is C14H24F2N2O2. The Balaban J connectivity index is 1.95. The van der Waals surface area contributed by atoms with E-state index >= 15 is 0 Å². The van der Waals surface area contributed by atoms with E-state index in [1.165, 1.54) is 6.92 Å². The van der Waals surface area contributed by atoms with Crippen LogP contribution in [0, 0.1) is 11.8 Å². The van der Waals surface area contributed by atoms with Gasteiger partial charge >= 0.3 is 6.09 Å². The summed E-state index contributed by atoms with van der Waals surface area (Å²) in [7, 11) is 0. The number of rotatable bonds is 3. The van der Waals surface area contributed by atoms with Crippen LogP contribution in [0.15, 0.2) is 0 Å². The summed E-state index contributed by atoms with van der Waals surface area (Å²) in [6.45, 7) is 7.43. The van der Waals surface area contributed by atoms with Crippen molar-refractivity contribution in [2.45, 2.75) is 64.1 Å². The number of amides is 1. The Kier molecular flexibility index (Phi) is 3.73. The lowest BCUT2D eigenvalue weighted by atomic mass is 9.68. The molecule has 0 aromatic heterocycles. The molecule has 6 heteroatoms. The Hall–Kier alpha value is -0.910. The normalized spacial score (nSPS) is 32.0. The van der Waals surface area contributed by atoms with Crippen LogP contribution in [0.3, 0.4) is 0 Å². The van der Waals surface area contributed by atoms with Crippen molar-refractivity contribution in [1.82, 2.24) is 4.90 Å². The Bertz CT molecular complexity index is 393. The standard InChI is InChI=1S/C14H24F2N2O2/c1-13(2,3)20-12(19)18-7-8-5-10(18)9(8)6-14(4,17)11(15)16/h8-11H,5-7,17H2,1-4H3/t8-,9?,10-,14?/m0/s1. The second-order valence-electron chi connectivity index (χ2n) is 7.37. The lowest BCUT2D eigenvalue weighted by Crippen LogP contribution is -2.51. The van der Waals surface area contributed by atoms with Crippen molar-refractivity contribution >= 4 is 6.09 Å². The molecule has 2 bridgehead atoms. The topological polar surface area (TPSA) is 55.6 Å². The number of halogens is 2. The van der Waals surface area contributed by atoms with E-state index in [4.69, 9.17) is 10.5 Å². The third kappa shape index (κ3) is 2.90. The molecule has 2 unspecified atom stereocenters. The zero-order valence-electron chi connectivity index (χ0n) is 12.5. The molecule has 1 saturated carbocycles. The summed E-state index contributed by atoms with van der Waals surface area (Å²) in [5.74, 6) is 0.362. The molecule has 3 rings (SSSR count). The zero-order chi connectivity index (χ0) is 15.3. The van der Waals surface area contributed by atoms with E-state index < -0.39 is 17.6 Å². The maximum atomic E-state index is 12.9. The van der Waals surface area contributed by atoms with E-state index in [-0.39, 0.29) is 30.4 Å². The third-order valence-electron chi connectivity index (χ3n) is 4.28. The number of ether oxygens (including phenoxy) is 1. The minimum Gasteiger partial charge on any atom is -0.444 e. The molecule has 0 aromatic rings. The van der Waals surface area contributed by atoms with Crippen molar-refractivity contribution < 1.29 is 18.3 Å². The van der Waals surface area contributed by atoms with Crippen LogP contribution in [0.4, 0.5) is 13.6 Å². The second kappa shape index (κ2) is 4.83. The summed E-state index contributed by atoms with van der Waals surface area (Å²) in [5, 5.41) is 0. The minimum atomic E-state index is -2.54. The molecule has 1 amide bonds. The highest BCUT2D eigenvalue weighted by atomic mass is 19.3. The van der Waals surface area contributed by atoms with Crippen LogP contribution in [0.5, 0.6) is 0 Å². The maximum absolute atomic E-state index is 12.9. The first-order valence-corrected chi connectivity index (χ1v) is 7.08. The largest absolute Gasteiger partial charge is 0.444 e. The van der Waals surface area contributed by atoms with Crippen LogP contribution >= 0.6 is 0 Å². The predicted molar refractivity (Wildman–Crippen MR) is 71.5 cm³/mol. The van der Waals surface area contributed by atoms with Gasteiger partial charge in [0.05, 0.1) is 5.54 Å². The van der Waals surface area contributed by atoms with Crippen molar-refractivity contribution in [1.29, 1.82) is 0 Å². The first kappa shape index (κ1) is 15.5. The fourth-order valence-electron chi connectivity index (χ4n) is 3.16. The zero-order valence-corrected chi connectivity index (χ0v) is 12.5. The highest BCUT2D eigenvalue weighted by Crippen LogP contribution is 2.50. The van der Waals surface area contributed by atoms with Crippen molar-refractivity contribution in [2.75, 3.05) is 6.54 Å². The lowest BCUT2D eigenvalue weighted by molar-refractivity contribution is 0.00766. The Morgan fingerprint density at radius 1 is 1.40 bits per heavy atom. The summed E-state index contributed by atoms with van der Waals surface area (Å²) in [4.78, 5) is 13.8. The molecule has 2 heterocycles. The van der Waals surface area contributed by atoms with Gasteiger partial charge in [-0.25, -0.2) is 13.6 Å². The van der Waals surface area contributed by atoms with E-state index in [2.05, 4.69) is 0 Å². The van der Waals surface area contributed by atoms with Gasteiger partial charge in [-0.05, 0) is 52.4 Å². The van der Waals surface area contributed by atoms with Gasteiger partial charge in [-0.3, -0.25) is 0 Å². The highest BCUT2D eigenvalue weighted by molar-refractivity contribution is 5.69. The smallest absolute Gasteiger partial charge is 0.410 e. The van der Waals surface area contributed by atoms with Gasteiger partial charge < -0.3 is 15.4 Å². The number of carbonyl (C=O) groups is 1. The fourth-order valence-corrected chi connectivity index (χ4v) is 3.16. The maximum Gasteiger partial charge on any atom is 0.410 e. The van der Waals surface area contributed by atoms with Crippen molar-refractivity contribution in [3.05, 3.63) is 0 Å². The molecule has 2 saturated heterocycles. The minimum absolute atomic E-state index is 0.0106. The van der Waals surface area contributed by atoms with Crippen molar-refractivity contribution in [2.24, 2.45) is 17.6 Å². The Morgan fingerprint density at radius 3 is 2.50 bits per heavy atom. The number of carbonyl (C=O) groups excluding carboxylic acids is 1. The summed E-state index contributed by atoms with van der Waals surface area (Å²) >= 11 is 0. The summed E-state index contributed by atoms with van der Waals surface area (Å²) < 4.78 is 31.1. The molecule has 1 aliphatic carbocycles. The average Bonchev–Trinajstić information content (AvgIpc) is 2.81. The molecule has 2 aliphatic heterocycles. The molecule has 3 aliphatic rings. The van der Waals surface area contributed by atoms with E-state index in [1.54, 1.807) is 4.90 Å². The van der Waals surface area contributed by atoms with Gasteiger partial charge in [-0.1, -0.05) is 0 Å². The quantitative estimate of drug-likeness (QED) is 0.869. The second-order valence-corrected chi connectivity index (χ2v) is 7.37. The molecule has 0 spiro atoms. The molecule has 0 radical (unpaired) electrons. The molecule has 3 fully saturated rings. The number of nitrogens with zero attached hydrogens (tertiary/aromatic N) is 1. The monoisotopic (exact) mass is 290 g/mol. The van der Waals surface area contributed by atoms with Crippen LogP contribution in [0.2, 0.25) is 0 Å². The van der Waals surface area contributed by atoms with Gasteiger partial charge in [0.2, 0.25) is 0 Å². The molecule has 4 atom stereocenters. The molecule has 0 aromatic carbocycles. The van der Waals surface area contributed by atoms with Gasteiger partial charge in [-0.2, -0.15) is 0 Å².